The number of aliphatic hydroxyl groups excluding tert-OH is 1. The zero-order chi connectivity index (χ0) is 16.5. The van der Waals surface area contributed by atoms with Crippen LogP contribution in [-0.2, 0) is 11.2 Å². The topological polar surface area (TPSA) is 52.6 Å². The maximum atomic E-state index is 12.1. The maximum Gasteiger partial charge on any atom is 0.227 e. The van der Waals surface area contributed by atoms with Gasteiger partial charge in [0.05, 0.1) is 0 Å². The van der Waals surface area contributed by atoms with E-state index in [0.717, 1.165) is 25.1 Å². The number of hydrogen-bond acceptors (Lipinski definition) is 3. The van der Waals surface area contributed by atoms with Crippen molar-refractivity contribution >= 4 is 17.3 Å². The molecule has 0 bridgehead atoms. The van der Waals surface area contributed by atoms with E-state index in [1.54, 1.807) is 4.90 Å². The largest absolute Gasteiger partial charge is 0.396 e. The number of aliphatic hydroxyl groups is 1. The molecule has 4 rings (SSSR count). The smallest absolute Gasteiger partial charge is 0.227 e. The van der Waals surface area contributed by atoms with Gasteiger partial charge in [-0.2, -0.15) is 0 Å². The third kappa shape index (κ3) is 2.67. The van der Waals surface area contributed by atoms with Crippen molar-refractivity contribution in [3.05, 3.63) is 48.0 Å². The lowest BCUT2D eigenvalue weighted by molar-refractivity contribution is -0.117. The highest BCUT2D eigenvalue weighted by Gasteiger charge is 2.29. The van der Waals surface area contributed by atoms with Crippen molar-refractivity contribution in [3.63, 3.8) is 0 Å². The molecule has 124 valence electrons. The third-order valence-electron chi connectivity index (χ3n) is 5.05. The molecule has 0 spiro atoms. The molecule has 2 aliphatic heterocycles. The van der Waals surface area contributed by atoms with E-state index in [9.17, 15) is 9.90 Å². The maximum absolute atomic E-state index is 12.1. The number of hydrogen-bond donors (Lipinski definition) is 2. The van der Waals surface area contributed by atoms with E-state index in [1.165, 1.54) is 22.4 Å². The summed E-state index contributed by atoms with van der Waals surface area (Å²) >= 11 is 0. The number of benzene rings is 2. The number of rotatable bonds is 3. The van der Waals surface area contributed by atoms with Crippen molar-refractivity contribution in [1.82, 2.24) is 0 Å². The van der Waals surface area contributed by atoms with Gasteiger partial charge in [0.25, 0.3) is 0 Å². The van der Waals surface area contributed by atoms with Crippen molar-refractivity contribution in [3.8, 4) is 11.1 Å². The average molecular weight is 322 g/mol. The first-order chi connectivity index (χ1) is 11.8. The average Bonchev–Trinajstić information content (AvgIpc) is 3.02. The van der Waals surface area contributed by atoms with Crippen LogP contribution in [0.4, 0.5) is 11.4 Å². The molecule has 0 saturated carbocycles. The van der Waals surface area contributed by atoms with Gasteiger partial charge >= 0.3 is 0 Å². The van der Waals surface area contributed by atoms with Crippen LogP contribution in [0.2, 0.25) is 0 Å². The number of amides is 1. The van der Waals surface area contributed by atoms with Gasteiger partial charge in [0.2, 0.25) is 5.91 Å². The summed E-state index contributed by atoms with van der Waals surface area (Å²) in [6.07, 6.45) is 2.70. The molecular weight excluding hydrogens is 300 g/mol. The number of fused-ring (bicyclic) bond motifs is 1. The Morgan fingerprint density at radius 3 is 2.75 bits per heavy atom. The zero-order valence-corrected chi connectivity index (χ0v) is 13.7. The lowest BCUT2D eigenvalue weighted by atomic mass is 9.93. The van der Waals surface area contributed by atoms with Crippen molar-refractivity contribution in [2.24, 2.45) is 5.92 Å². The summed E-state index contributed by atoms with van der Waals surface area (Å²) in [6, 6.07) is 14.6. The molecule has 24 heavy (non-hydrogen) atoms. The summed E-state index contributed by atoms with van der Waals surface area (Å²) in [6.45, 7) is 1.72. The molecule has 1 fully saturated rings. The summed E-state index contributed by atoms with van der Waals surface area (Å²) in [5.74, 6) is 0.160. The van der Waals surface area contributed by atoms with E-state index >= 15 is 0 Å². The summed E-state index contributed by atoms with van der Waals surface area (Å²) in [7, 11) is 0. The zero-order valence-electron chi connectivity index (χ0n) is 13.7. The van der Waals surface area contributed by atoms with E-state index in [-0.39, 0.29) is 18.4 Å². The minimum absolute atomic E-state index is 0.0596. The lowest BCUT2D eigenvalue weighted by Gasteiger charge is -2.22. The van der Waals surface area contributed by atoms with E-state index in [2.05, 4.69) is 35.6 Å². The van der Waals surface area contributed by atoms with Crippen molar-refractivity contribution in [2.45, 2.75) is 19.3 Å². The van der Waals surface area contributed by atoms with Crippen LogP contribution >= 0.6 is 0 Å². The third-order valence-corrected chi connectivity index (χ3v) is 5.05. The predicted molar refractivity (Wildman–Crippen MR) is 96.2 cm³/mol. The molecule has 2 aromatic carbocycles. The minimum atomic E-state index is 0.0596. The molecule has 0 aromatic heterocycles. The number of nitrogens with zero attached hydrogens (tertiary/aromatic N) is 1. The molecule has 2 aromatic rings. The molecule has 1 amide bonds. The Hall–Kier alpha value is -2.33. The second kappa shape index (κ2) is 6.29. The Labute approximate surface area is 142 Å². The number of anilines is 2. The van der Waals surface area contributed by atoms with Gasteiger partial charge < -0.3 is 15.3 Å². The molecule has 1 unspecified atom stereocenters. The SMILES string of the molecule is O=C1CC(CO)CN1c1ccc(-c2cccc3c2CCCN3)cc1. The van der Waals surface area contributed by atoms with Gasteiger partial charge in [0.15, 0.2) is 0 Å². The van der Waals surface area contributed by atoms with Crippen molar-refractivity contribution in [1.29, 1.82) is 0 Å². The molecule has 2 heterocycles. The number of nitrogens with one attached hydrogen (secondary N) is 1. The van der Waals surface area contributed by atoms with Gasteiger partial charge in [-0.05, 0) is 47.7 Å². The predicted octanol–water partition coefficient (Wildman–Crippen LogP) is 3.06. The highest BCUT2D eigenvalue weighted by molar-refractivity contribution is 5.96. The second-order valence-electron chi connectivity index (χ2n) is 6.67. The highest BCUT2D eigenvalue weighted by Crippen LogP contribution is 2.34. The van der Waals surface area contributed by atoms with Crippen LogP contribution in [0.1, 0.15) is 18.4 Å². The molecule has 4 nitrogen and oxygen atoms in total. The van der Waals surface area contributed by atoms with Crippen LogP contribution in [0.15, 0.2) is 42.5 Å². The Morgan fingerprint density at radius 1 is 1.17 bits per heavy atom. The highest BCUT2D eigenvalue weighted by atomic mass is 16.3. The van der Waals surface area contributed by atoms with Crippen LogP contribution < -0.4 is 10.2 Å². The molecule has 0 aliphatic carbocycles. The Balaban J connectivity index is 1.62. The molecule has 0 radical (unpaired) electrons. The first-order valence-electron chi connectivity index (χ1n) is 8.63. The van der Waals surface area contributed by atoms with Gasteiger partial charge in [-0.15, -0.1) is 0 Å². The normalized spacial score (nSPS) is 20.0. The standard InChI is InChI=1S/C20H22N2O2/c23-13-14-11-20(24)22(12-14)16-8-6-15(7-9-16)17-3-1-5-19-18(17)4-2-10-21-19/h1,3,5-9,14,21,23H,2,4,10-13H2. The van der Waals surface area contributed by atoms with Crippen LogP contribution in [-0.4, -0.2) is 30.7 Å². The summed E-state index contributed by atoms with van der Waals surface area (Å²) in [4.78, 5) is 13.9. The van der Waals surface area contributed by atoms with Crippen molar-refractivity contribution in [2.75, 3.05) is 29.9 Å². The van der Waals surface area contributed by atoms with Gasteiger partial charge in [-0.1, -0.05) is 24.3 Å². The quantitative estimate of drug-likeness (QED) is 0.913. The molecule has 4 heteroatoms. The first kappa shape index (κ1) is 15.2. The fraction of sp³-hybridized carbons (Fsp3) is 0.350. The molecule has 2 N–H and O–H groups in total. The molecule has 1 saturated heterocycles. The van der Waals surface area contributed by atoms with Gasteiger partial charge in [0, 0.05) is 43.4 Å². The summed E-state index contributed by atoms with van der Waals surface area (Å²) in [5, 5.41) is 12.7. The lowest BCUT2D eigenvalue weighted by Crippen LogP contribution is -2.24. The van der Waals surface area contributed by atoms with Gasteiger partial charge in [-0.25, -0.2) is 0 Å². The Kier molecular flexibility index (Phi) is 3.98. The van der Waals surface area contributed by atoms with Crippen LogP contribution in [0.25, 0.3) is 11.1 Å². The van der Waals surface area contributed by atoms with Crippen LogP contribution in [0.3, 0.4) is 0 Å². The molecule has 2 aliphatic rings. The fourth-order valence-corrected chi connectivity index (χ4v) is 3.75. The van der Waals surface area contributed by atoms with Gasteiger partial charge in [0.1, 0.15) is 0 Å². The number of carbonyl (C=O) groups is 1. The van der Waals surface area contributed by atoms with Crippen molar-refractivity contribution < 1.29 is 9.90 Å². The minimum Gasteiger partial charge on any atom is -0.396 e. The van der Waals surface area contributed by atoms with Gasteiger partial charge in [-0.3, -0.25) is 4.79 Å². The van der Waals surface area contributed by atoms with E-state index in [0.29, 0.717) is 13.0 Å². The van der Waals surface area contributed by atoms with E-state index in [1.807, 2.05) is 12.1 Å². The molecular formula is C20H22N2O2. The second-order valence-corrected chi connectivity index (χ2v) is 6.67. The number of carbonyl (C=O) groups excluding carboxylic acids is 1. The summed E-state index contributed by atoms with van der Waals surface area (Å²) in [5.41, 5.74) is 6.00. The monoisotopic (exact) mass is 322 g/mol. The van der Waals surface area contributed by atoms with Crippen LogP contribution in [0.5, 0.6) is 0 Å². The van der Waals surface area contributed by atoms with E-state index in [4.69, 9.17) is 0 Å². The van der Waals surface area contributed by atoms with E-state index < -0.39 is 0 Å². The fourth-order valence-electron chi connectivity index (χ4n) is 3.75. The van der Waals surface area contributed by atoms with Crippen LogP contribution in [0, 0.1) is 5.92 Å². The summed E-state index contributed by atoms with van der Waals surface area (Å²) < 4.78 is 0. The Bertz CT molecular complexity index is 755. The Morgan fingerprint density at radius 2 is 2.00 bits per heavy atom. The first-order valence-corrected chi connectivity index (χ1v) is 8.63. The molecule has 1 atom stereocenters.